The van der Waals surface area contributed by atoms with Gasteiger partial charge in [0.05, 0.1) is 6.54 Å². The molecule has 100 valence electrons. The molecular formula is C12H15F3N2O. The molecule has 0 amide bonds. The molecule has 1 aliphatic carbocycles. The average Bonchev–Trinajstić information content (AvgIpc) is 2.78. The number of alkyl halides is 3. The quantitative estimate of drug-likeness (QED) is 0.837. The molecule has 0 aromatic carbocycles. The molecule has 18 heavy (non-hydrogen) atoms. The van der Waals surface area contributed by atoms with Gasteiger partial charge in [0.15, 0.2) is 11.5 Å². The summed E-state index contributed by atoms with van der Waals surface area (Å²) in [6.45, 7) is -0.0548. The van der Waals surface area contributed by atoms with Gasteiger partial charge in [-0.1, -0.05) is 19.3 Å². The first-order valence-corrected chi connectivity index (χ1v) is 6.10. The predicted molar refractivity (Wildman–Crippen MR) is 58.8 cm³/mol. The summed E-state index contributed by atoms with van der Waals surface area (Å²) in [5.74, 6) is -0.0104. The third kappa shape index (κ3) is 3.11. The van der Waals surface area contributed by atoms with E-state index in [1.165, 1.54) is 6.20 Å². The summed E-state index contributed by atoms with van der Waals surface area (Å²) in [7, 11) is 0. The molecule has 0 unspecified atom stereocenters. The van der Waals surface area contributed by atoms with Crippen molar-refractivity contribution in [2.45, 2.75) is 44.8 Å². The number of hydrogen-bond acceptors (Lipinski definition) is 2. The Morgan fingerprint density at radius 2 is 2.00 bits per heavy atom. The SMILES string of the molecule is O=C(Cn1ccc(C(F)(F)F)n1)C1CCCCC1. The van der Waals surface area contributed by atoms with Gasteiger partial charge in [-0.2, -0.15) is 18.3 Å². The molecule has 1 heterocycles. The Morgan fingerprint density at radius 3 is 2.56 bits per heavy atom. The van der Waals surface area contributed by atoms with Gasteiger partial charge in [-0.3, -0.25) is 9.48 Å². The first-order chi connectivity index (χ1) is 8.47. The van der Waals surface area contributed by atoms with Crippen molar-refractivity contribution in [3.63, 3.8) is 0 Å². The van der Waals surface area contributed by atoms with E-state index in [9.17, 15) is 18.0 Å². The number of aromatic nitrogens is 2. The highest BCUT2D eigenvalue weighted by Gasteiger charge is 2.33. The van der Waals surface area contributed by atoms with E-state index in [1.807, 2.05) is 0 Å². The van der Waals surface area contributed by atoms with Crippen molar-refractivity contribution in [3.8, 4) is 0 Å². The topological polar surface area (TPSA) is 34.9 Å². The number of rotatable bonds is 3. The lowest BCUT2D eigenvalue weighted by molar-refractivity contribution is -0.141. The van der Waals surface area contributed by atoms with Gasteiger partial charge in [-0.15, -0.1) is 0 Å². The number of Topliss-reactive ketones (excluding diaryl/α,β-unsaturated/α-hetero) is 1. The second-order valence-electron chi connectivity index (χ2n) is 4.70. The van der Waals surface area contributed by atoms with Crippen LogP contribution in [0.5, 0.6) is 0 Å². The summed E-state index contributed by atoms with van der Waals surface area (Å²) in [5, 5.41) is 3.39. The van der Waals surface area contributed by atoms with Crippen LogP contribution in [-0.4, -0.2) is 15.6 Å². The fourth-order valence-electron chi connectivity index (χ4n) is 2.31. The van der Waals surface area contributed by atoms with Crippen molar-refractivity contribution in [2.24, 2.45) is 5.92 Å². The summed E-state index contributed by atoms with van der Waals surface area (Å²) in [4.78, 5) is 11.9. The second-order valence-corrected chi connectivity index (χ2v) is 4.70. The zero-order chi connectivity index (χ0) is 13.2. The zero-order valence-electron chi connectivity index (χ0n) is 9.91. The molecule has 1 fully saturated rings. The van der Waals surface area contributed by atoms with Crippen LogP contribution in [0, 0.1) is 5.92 Å². The average molecular weight is 260 g/mol. The minimum Gasteiger partial charge on any atom is -0.297 e. The number of hydrogen-bond donors (Lipinski definition) is 0. The van der Waals surface area contributed by atoms with Crippen molar-refractivity contribution in [1.82, 2.24) is 9.78 Å². The van der Waals surface area contributed by atoms with Crippen LogP contribution in [0.15, 0.2) is 12.3 Å². The van der Waals surface area contributed by atoms with Crippen molar-refractivity contribution in [2.75, 3.05) is 0 Å². The maximum absolute atomic E-state index is 12.3. The molecule has 6 heteroatoms. The summed E-state index contributed by atoms with van der Waals surface area (Å²) in [6, 6.07) is 0.897. The maximum atomic E-state index is 12.3. The minimum atomic E-state index is -4.45. The van der Waals surface area contributed by atoms with Crippen LogP contribution in [0.4, 0.5) is 13.2 Å². The fourth-order valence-corrected chi connectivity index (χ4v) is 2.31. The summed E-state index contributed by atoms with van der Waals surface area (Å²) >= 11 is 0. The molecule has 2 rings (SSSR count). The number of carbonyl (C=O) groups excluding carboxylic acids is 1. The molecule has 0 aliphatic heterocycles. The van der Waals surface area contributed by atoms with Gasteiger partial charge in [0, 0.05) is 12.1 Å². The van der Waals surface area contributed by atoms with E-state index >= 15 is 0 Å². The Bertz CT molecular complexity index is 419. The highest BCUT2D eigenvalue weighted by Crippen LogP contribution is 2.28. The van der Waals surface area contributed by atoms with Crippen LogP contribution in [0.3, 0.4) is 0 Å². The highest BCUT2D eigenvalue weighted by atomic mass is 19.4. The van der Waals surface area contributed by atoms with Crippen molar-refractivity contribution in [1.29, 1.82) is 0 Å². The fraction of sp³-hybridized carbons (Fsp3) is 0.667. The Morgan fingerprint density at radius 1 is 1.33 bits per heavy atom. The zero-order valence-corrected chi connectivity index (χ0v) is 9.91. The van der Waals surface area contributed by atoms with Crippen LogP contribution < -0.4 is 0 Å². The van der Waals surface area contributed by atoms with Gasteiger partial charge in [0.1, 0.15) is 0 Å². The van der Waals surface area contributed by atoms with Crippen LogP contribution in [-0.2, 0) is 17.5 Å². The molecule has 0 bridgehead atoms. The highest BCUT2D eigenvalue weighted by molar-refractivity contribution is 5.80. The lowest BCUT2D eigenvalue weighted by atomic mass is 9.86. The molecule has 1 aromatic rings. The first kappa shape index (κ1) is 13.1. The van der Waals surface area contributed by atoms with Gasteiger partial charge in [-0.25, -0.2) is 0 Å². The Kier molecular flexibility index (Phi) is 3.73. The lowest BCUT2D eigenvalue weighted by Crippen LogP contribution is -2.23. The maximum Gasteiger partial charge on any atom is 0.435 e. The number of ketones is 1. The molecule has 3 nitrogen and oxygen atoms in total. The van der Waals surface area contributed by atoms with E-state index in [4.69, 9.17) is 0 Å². The van der Waals surface area contributed by atoms with Gasteiger partial charge >= 0.3 is 6.18 Å². The minimum absolute atomic E-state index is 0.00251. The van der Waals surface area contributed by atoms with E-state index in [-0.39, 0.29) is 18.2 Å². The summed E-state index contributed by atoms with van der Waals surface area (Å²) in [6.07, 6.45) is 1.68. The van der Waals surface area contributed by atoms with E-state index in [1.54, 1.807) is 0 Å². The van der Waals surface area contributed by atoms with Crippen molar-refractivity contribution in [3.05, 3.63) is 18.0 Å². The molecule has 0 N–H and O–H groups in total. The molecule has 0 spiro atoms. The number of halogens is 3. The number of nitrogens with zero attached hydrogens (tertiary/aromatic N) is 2. The summed E-state index contributed by atoms with van der Waals surface area (Å²) in [5.41, 5.74) is -0.945. The Balaban J connectivity index is 1.96. The van der Waals surface area contributed by atoms with Crippen molar-refractivity contribution < 1.29 is 18.0 Å². The van der Waals surface area contributed by atoms with Crippen molar-refractivity contribution >= 4 is 5.78 Å². The van der Waals surface area contributed by atoms with Crippen LogP contribution in [0.25, 0.3) is 0 Å². The molecule has 0 saturated heterocycles. The van der Waals surface area contributed by atoms with E-state index < -0.39 is 11.9 Å². The first-order valence-electron chi connectivity index (χ1n) is 6.10. The molecule has 0 atom stereocenters. The van der Waals surface area contributed by atoms with Gasteiger partial charge in [0.25, 0.3) is 0 Å². The molecule has 1 saturated carbocycles. The third-order valence-corrected chi connectivity index (χ3v) is 3.31. The molecular weight excluding hydrogens is 245 g/mol. The van der Waals surface area contributed by atoms with E-state index in [0.29, 0.717) is 0 Å². The number of carbonyl (C=O) groups is 1. The van der Waals surface area contributed by atoms with Gasteiger partial charge in [0.2, 0.25) is 0 Å². The van der Waals surface area contributed by atoms with Gasteiger partial charge < -0.3 is 0 Å². The smallest absolute Gasteiger partial charge is 0.297 e. The molecule has 1 aromatic heterocycles. The van der Waals surface area contributed by atoms with Crippen LogP contribution >= 0.6 is 0 Å². The third-order valence-electron chi connectivity index (χ3n) is 3.31. The largest absolute Gasteiger partial charge is 0.435 e. The summed E-state index contributed by atoms with van der Waals surface area (Å²) < 4.78 is 38.1. The Hall–Kier alpha value is -1.33. The van der Waals surface area contributed by atoms with Crippen LogP contribution in [0.2, 0.25) is 0 Å². The molecule has 1 aliphatic rings. The molecule has 0 radical (unpaired) electrons. The normalized spacial score (nSPS) is 17.9. The van der Waals surface area contributed by atoms with Crippen LogP contribution in [0.1, 0.15) is 37.8 Å². The van der Waals surface area contributed by atoms with E-state index in [2.05, 4.69) is 5.10 Å². The second kappa shape index (κ2) is 5.12. The van der Waals surface area contributed by atoms with Gasteiger partial charge in [-0.05, 0) is 18.9 Å². The standard InChI is InChI=1S/C12H15F3N2O/c13-12(14,15)11-6-7-17(16-11)8-10(18)9-4-2-1-3-5-9/h6-7,9H,1-5,8H2. The lowest BCUT2D eigenvalue weighted by Gasteiger charge is -2.20. The Labute approximate surface area is 103 Å². The monoisotopic (exact) mass is 260 g/mol. The predicted octanol–water partition coefficient (Wildman–Crippen LogP) is 3.05. The van der Waals surface area contributed by atoms with E-state index in [0.717, 1.165) is 42.9 Å².